The van der Waals surface area contributed by atoms with Gasteiger partial charge in [-0.15, -0.1) is 0 Å². The molecule has 6 nitrogen and oxygen atoms in total. The molecule has 2 atom stereocenters. The lowest BCUT2D eigenvalue weighted by Crippen LogP contribution is -2.43. The first-order valence-electron chi connectivity index (χ1n) is 7.95. The number of amides is 1. The molecule has 0 saturated carbocycles. The van der Waals surface area contributed by atoms with Gasteiger partial charge in [0.05, 0.1) is 11.7 Å². The van der Waals surface area contributed by atoms with E-state index < -0.39 is 31.2 Å². The quantitative estimate of drug-likeness (QED) is 0.390. The Morgan fingerprint density at radius 2 is 1.81 bits per heavy atom. The van der Waals surface area contributed by atoms with Gasteiger partial charge in [-0.3, -0.25) is 9.78 Å². The molecule has 0 radical (unpaired) electrons. The van der Waals surface area contributed by atoms with Crippen LogP contribution in [-0.4, -0.2) is 46.1 Å². The summed E-state index contributed by atoms with van der Waals surface area (Å²) in [5.41, 5.74) is 2.64. The van der Waals surface area contributed by atoms with Gasteiger partial charge in [-0.25, -0.2) is 4.39 Å². The summed E-state index contributed by atoms with van der Waals surface area (Å²) in [6.07, 6.45) is -3.19. The monoisotopic (exact) mass is 381 g/mol. The summed E-state index contributed by atoms with van der Waals surface area (Å²) in [6, 6.07) is 8.26. The third-order valence-corrected chi connectivity index (χ3v) is 3.94. The number of halogens is 3. The maximum absolute atomic E-state index is 13.0. The maximum atomic E-state index is 13.0. The van der Waals surface area contributed by atoms with Crippen molar-refractivity contribution in [2.45, 2.75) is 25.5 Å². The second kappa shape index (κ2) is 9.13. The van der Waals surface area contributed by atoms with Crippen molar-refractivity contribution in [3.63, 3.8) is 0 Å². The Morgan fingerprint density at radius 1 is 1.19 bits per heavy atom. The molecule has 144 valence electrons. The molecule has 0 bridgehead atoms. The van der Waals surface area contributed by atoms with Crippen molar-refractivity contribution in [1.29, 1.82) is 0 Å². The number of hydrogen-bond acceptors (Lipinski definition) is 5. The van der Waals surface area contributed by atoms with Gasteiger partial charge in [0.15, 0.2) is 0 Å². The van der Waals surface area contributed by atoms with Crippen molar-refractivity contribution in [3.05, 3.63) is 53.9 Å². The number of nitrogens with one attached hydrogen (secondary N) is 1. The molecule has 0 spiro atoms. The first-order valence-corrected chi connectivity index (χ1v) is 7.95. The van der Waals surface area contributed by atoms with Crippen LogP contribution in [0, 0.1) is 0 Å². The number of aliphatic hydroxyl groups excluding tert-OH is 1. The van der Waals surface area contributed by atoms with Crippen molar-refractivity contribution in [2.24, 2.45) is 5.16 Å². The Kier molecular flexibility index (Phi) is 6.89. The Bertz CT molecular complexity index is 796. The third-order valence-electron chi connectivity index (χ3n) is 3.94. The van der Waals surface area contributed by atoms with Gasteiger partial charge in [0.1, 0.15) is 18.5 Å². The SMILES string of the molecule is C/C(=N\O)c1ccc(-c2ccc([C@H](O)[C@@H](CF)NC(=O)C(F)F)cc2)cn1. The van der Waals surface area contributed by atoms with Crippen LogP contribution in [0.5, 0.6) is 0 Å². The number of hydrogen-bond donors (Lipinski definition) is 3. The Morgan fingerprint density at radius 3 is 2.30 bits per heavy atom. The lowest BCUT2D eigenvalue weighted by molar-refractivity contribution is -0.133. The number of aromatic nitrogens is 1. The lowest BCUT2D eigenvalue weighted by atomic mass is 9.99. The number of oxime groups is 1. The highest BCUT2D eigenvalue weighted by Gasteiger charge is 2.26. The van der Waals surface area contributed by atoms with Crippen LogP contribution in [0.2, 0.25) is 0 Å². The van der Waals surface area contributed by atoms with Gasteiger partial charge >= 0.3 is 6.43 Å². The van der Waals surface area contributed by atoms with Gasteiger partial charge in [0.25, 0.3) is 5.91 Å². The van der Waals surface area contributed by atoms with Crippen LogP contribution in [0.4, 0.5) is 13.2 Å². The molecule has 27 heavy (non-hydrogen) atoms. The van der Waals surface area contributed by atoms with E-state index in [0.717, 1.165) is 11.1 Å². The largest absolute Gasteiger partial charge is 0.411 e. The maximum Gasteiger partial charge on any atom is 0.315 e. The summed E-state index contributed by atoms with van der Waals surface area (Å²) in [5.74, 6) is -1.64. The van der Waals surface area contributed by atoms with Crippen molar-refractivity contribution >= 4 is 11.6 Å². The molecule has 0 fully saturated rings. The first-order chi connectivity index (χ1) is 12.9. The predicted molar refractivity (Wildman–Crippen MR) is 92.5 cm³/mol. The molecule has 0 unspecified atom stereocenters. The lowest BCUT2D eigenvalue weighted by Gasteiger charge is -2.22. The second-order valence-corrected chi connectivity index (χ2v) is 5.75. The summed E-state index contributed by atoms with van der Waals surface area (Å²) >= 11 is 0. The third kappa shape index (κ3) is 5.04. The van der Waals surface area contributed by atoms with Crippen LogP contribution in [0.1, 0.15) is 24.3 Å². The van der Waals surface area contributed by atoms with Crippen LogP contribution in [0.15, 0.2) is 47.8 Å². The van der Waals surface area contributed by atoms with Crippen molar-refractivity contribution in [3.8, 4) is 11.1 Å². The first kappa shape index (κ1) is 20.4. The predicted octanol–water partition coefficient (Wildman–Crippen LogP) is 2.70. The normalized spacial score (nSPS) is 14.1. The minimum Gasteiger partial charge on any atom is -0.411 e. The summed E-state index contributed by atoms with van der Waals surface area (Å²) in [7, 11) is 0. The van der Waals surface area contributed by atoms with E-state index in [1.165, 1.54) is 12.1 Å². The van der Waals surface area contributed by atoms with Crippen LogP contribution >= 0.6 is 0 Å². The van der Waals surface area contributed by atoms with E-state index in [4.69, 9.17) is 5.21 Å². The van der Waals surface area contributed by atoms with E-state index in [9.17, 15) is 23.1 Å². The number of pyridine rings is 1. The zero-order chi connectivity index (χ0) is 20.0. The van der Waals surface area contributed by atoms with Crippen LogP contribution in [0.25, 0.3) is 11.1 Å². The highest BCUT2D eigenvalue weighted by Crippen LogP contribution is 2.23. The van der Waals surface area contributed by atoms with Gasteiger partial charge < -0.3 is 15.6 Å². The molecule has 1 amide bonds. The molecule has 1 heterocycles. The van der Waals surface area contributed by atoms with E-state index in [2.05, 4.69) is 10.1 Å². The number of benzene rings is 1. The van der Waals surface area contributed by atoms with E-state index in [0.29, 0.717) is 11.4 Å². The average Bonchev–Trinajstić information content (AvgIpc) is 2.70. The summed E-state index contributed by atoms with van der Waals surface area (Å²) in [4.78, 5) is 15.2. The van der Waals surface area contributed by atoms with Crippen LogP contribution in [-0.2, 0) is 4.79 Å². The molecule has 1 aromatic heterocycles. The molecular formula is C18H18F3N3O3. The molecule has 9 heteroatoms. The Hall–Kier alpha value is -2.94. The van der Waals surface area contributed by atoms with Crippen molar-refractivity contribution < 1.29 is 28.3 Å². The number of carbonyl (C=O) groups is 1. The van der Waals surface area contributed by atoms with Crippen molar-refractivity contribution in [2.75, 3.05) is 6.67 Å². The molecule has 0 saturated heterocycles. The number of nitrogens with zero attached hydrogens (tertiary/aromatic N) is 2. The highest BCUT2D eigenvalue weighted by molar-refractivity contribution is 5.96. The smallest absolute Gasteiger partial charge is 0.315 e. The fraction of sp³-hybridized carbons (Fsp3) is 0.278. The summed E-state index contributed by atoms with van der Waals surface area (Å²) in [6.45, 7) is 0.408. The van der Waals surface area contributed by atoms with E-state index in [-0.39, 0.29) is 5.56 Å². The topological polar surface area (TPSA) is 94.8 Å². The van der Waals surface area contributed by atoms with Gasteiger partial charge in [0.2, 0.25) is 0 Å². The zero-order valence-electron chi connectivity index (χ0n) is 14.3. The van der Waals surface area contributed by atoms with E-state index in [1.54, 1.807) is 42.7 Å². The molecule has 1 aromatic carbocycles. The van der Waals surface area contributed by atoms with Gasteiger partial charge in [-0.1, -0.05) is 35.5 Å². The Balaban J connectivity index is 2.14. The number of rotatable bonds is 7. The molecule has 3 N–H and O–H groups in total. The molecule has 0 aliphatic rings. The van der Waals surface area contributed by atoms with Crippen LogP contribution in [0.3, 0.4) is 0 Å². The molecule has 0 aliphatic heterocycles. The fourth-order valence-electron chi connectivity index (χ4n) is 2.38. The van der Waals surface area contributed by atoms with Gasteiger partial charge in [-0.2, -0.15) is 8.78 Å². The number of carbonyl (C=O) groups excluding carboxylic acids is 1. The standard InChI is InChI=1S/C18H18F3N3O3/c1-10(24-27)14-7-6-13(9-22-14)11-2-4-12(5-3-11)16(25)15(8-19)23-18(26)17(20)21/h2-7,9,15-17,25,27H,8H2,1H3,(H,23,26)/b24-10+/t15-,16+/m1/s1. The molecule has 2 aromatic rings. The van der Waals surface area contributed by atoms with E-state index in [1.807, 2.05) is 0 Å². The van der Waals surface area contributed by atoms with Gasteiger partial charge in [0, 0.05) is 11.8 Å². The van der Waals surface area contributed by atoms with Crippen LogP contribution < -0.4 is 5.32 Å². The van der Waals surface area contributed by atoms with Gasteiger partial charge in [-0.05, 0) is 24.1 Å². The minimum atomic E-state index is -3.29. The molecular weight excluding hydrogens is 363 g/mol. The molecule has 2 rings (SSSR count). The number of alkyl halides is 3. The van der Waals surface area contributed by atoms with E-state index >= 15 is 0 Å². The second-order valence-electron chi connectivity index (χ2n) is 5.75. The zero-order valence-corrected chi connectivity index (χ0v) is 14.3. The molecule has 0 aliphatic carbocycles. The minimum absolute atomic E-state index is 0.267. The van der Waals surface area contributed by atoms with Crippen molar-refractivity contribution in [1.82, 2.24) is 10.3 Å². The highest BCUT2D eigenvalue weighted by atomic mass is 19.3. The summed E-state index contributed by atoms with van der Waals surface area (Å²) < 4.78 is 37.6. The average molecular weight is 381 g/mol. The summed E-state index contributed by atoms with van der Waals surface area (Å²) in [5, 5.41) is 23.7. The number of aliphatic hydroxyl groups is 1. The fourth-order valence-corrected chi connectivity index (χ4v) is 2.38. The Labute approximate surface area is 153 Å².